The van der Waals surface area contributed by atoms with Gasteiger partial charge in [0.1, 0.15) is 10.6 Å². The Kier molecular flexibility index (Phi) is 5.14. The molecule has 0 saturated heterocycles. The number of anilines is 1. The van der Waals surface area contributed by atoms with E-state index >= 15 is 0 Å². The summed E-state index contributed by atoms with van der Waals surface area (Å²) >= 11 is 1.64. The minimum Gasteiger partial charge on any atom is -0.478 e. The quantitative estimate of drug-likeness (QED) is 0.427. The average molecular weight is 448 g/mol. The van der Waals surface area contributed by atoms with Crippen molar-refractivity contribution in [3.8, 4) is 22.9 Å². The standard InChI is InChI=1S/C24H21N3O4S/c1-13-14(2)32-23-20(13)22(25-10-9-15-3-8-18-19(11-15)31-12-30-18)26-21(27-23)16-4-6-17(7-5-16)24(28)29/h3-8,11H,9-10,12H2,1-2H3,(H,28,29)(H,25,26,27). The number of ether oxygens (including phenoxy) is 2. The lowest BCUT2D eigenvalue weighted by Gasteiger charge is -2.10. The highest BCUT2D eigenvalue weighted by Crippen LogP contribution is 2.35. The molecule has 4 aromatic rings. The van der Waals surface area contributed by atoms with Crippen molar-refractivity contribution in [3.05, 3.63) is 64.0 Å². The van der Waals surface area contributed by atoms with Gasteiger partial charge >= 0.3 is 5.97 Å². The highest BCUT2D eigenvalue weighted by Gasteiger charge is 2.17. The molecule has 0 radical (unpaired) electrons. The second-order valence-corrected chi connectivity index (χ2v) is 8.81. The van der Waals surface area contributed by atoms with Gasteiger partial charge in [-0.05, 0) is 55.7 Å². The van der Waals surface area contributed by atoms with E-state index in [9.17, 15) is 4.79 Å². The Bertz CT molecular complexity index is 1330. The molecule has 0 saturated carbocycles. The largest absolute Gasteiger partial charge is 0.478 e. The van der Waals surface area contributed by atoms with E-state index in [1.54, 1.807) is 35.6 Å². The zero-order valence-electron chi connectivity index (χ0n) is 17.6. The molecule has 0 amide bonds. The minimum absolute atomic E-state index is 0.236. The van der Waals surface area contributed by atoms with E-state index in [-0.39, 0.29) is 12.4 Å². The Hall–Kier alpha value is -3.65. The molecule has 2 aromatic carbocycles. The van der Waals surface area contributed by atoms with Gasteiger partial charge in [-0.25, -0.2) is 14.8 Å². The lowest BCUT2D eigenvalue weighted by molar-refractivity contribution is 0.0697. The number of aromatic carboxylic acids is 1. The molecule has 5 rings (SSSR count). The fourth-order valence-electron chi connectivity index (χ4n) is 3.69. The Labute approximate surface area is 188 Å². The van der Waals surface area contributed by atoms with E-state index in [1.165, 1.54) is 10.4 Å². The highest BCUT2D eigenvalue weighted by atomic mass is 32.1. The van der Waals surface area contributed by atoms with Gasteiger partial charge in [0, 0.05) is 17.0 Å². The summed E-state index contributed by atoms with van der Waals surface area (Å²) in [5.74, 6) is 1.96. The van der Waals surface area contributed by atoms with Crippen LogP contribution >= 0.6 is 11.3 Å². The molecule has 1 aliphatic rings. The maximum atomic E-state index is 11.2. The topological polar surface area (TPSA) is 93.6 Å². The van der Waals surface area contributed by atoms with E-state index in [4.69, 9.17) is 24.5 Å². The number of carbonyl (C=O) groups is 1. The molecule has 0 fully saturated rings. The van der Waals surface area contributed by atoms with Crippen molar-refractivity contribution in [3.63, 3.8) is 0 Å². The summed E-state index contributed by atoms with van der Waals surface area (Å²) in [6.45, 7) is 5.13. The number of nitrogens with one attached hydrogen (secondary N) is 1. The van der Waals surface area contributed by atoms with Crippen molar-refractivity contribution in [2.24, 2.45) is 0 Å². The molecular weight excluding hydrogens is 426 g/mol. The number of carboxylic acids is 1. The molecule has 2 N–H and O–H groups in total. The maximum Gasteiger partial charge on any atom is 0.335 e. The van der Waals surface area contributed by atoms with Gasteiger partial charge in [0.05, 0.1) is 10.9 Å². The smallest absolute Gasteiger partial charge is 0.335 e. The predicted molar refractivity (Wildman–Crippen MR) is 124 cm³/mol. The highest BCUT2D eigenvalue weighted by molar-refractivity contribution is 7.18. The van der Waals surface area contributed by atoms with Gasteiger partial charge in [0.2, 0.25) is 6.79 Å². The fourth-order valence-corrected chi connectivity index (χ4v) is 4.72. The number of aryl methyl sites for hydroxylation is 2. The van der Waals surface area contributed by atoms with Crippen LogP contribution in [0.5, 0.6) is 11.5 Å². The first-order valence-electron chi connectivity index (χ1n) is 10.2. The summed E-state index contributed by atoms with van der Waals surface area (Å²) in [6, 6.07) is 12.6. The lowest BCUT2D eigenvalue weighted by Crippen LogP contribution is -2.08. The number of fused-ring (bicyclic) bond motifs is 2. The van der Waals surface area contributed by atoms with Gasteiger partial charge < -0.3 is 19.9 Å². The van der Waals surface area contributed by atoms with Crippen LogP contribution in [0.4, 0.5) is 5.82 Å². The van der Waals surface area contributed by atoms with E-state index in [0.29, 0.717) is 12.4 Å². The second kappa shape index (κ2) is 8.12. The summed E-state index contributed by atoms with van der Waals surface area (Å²) in [6.07, 6.45) is 0.799. The monoisotopic (exact) mass is 447 g/mol. The number of hydrogen-bond donors (Lipinski definition) is 2. The van der Waals surface area contributed by atoms with Gasteiger partial charge in [-0.1, -0.05) is 18.2 Å². The fraction of sp³-hybridized carbons (Fsp3) is 0.208. The molecule has 0 spiro atoms. The number of benzene rings is 2. The van der Waals surface area contributed by atoms with Crippen LogP contribution < -0.4 is 14.8 Å². The predicted octanol–water partition coefficient (Wildman–Crippen LogP) is 5.06. The Morgan fingerprint density at radius 3 is 2.66 bits per heavy atom. The number of hydrogen-bond acceptors (Lipinski definition) is 7. The number of nitrogens with zero attached hydrogens (tertiary/aromatic N) is 2. The minimum atomic E-state index is -0.955. The molecule has 162 valence electrons. The summed E-state index contributed by atoms with van der Waals surface area (Å²) < 4.78 is 10.8. The number of carboxylic acid groups (broad SMARTS) is 1. The second-order valence-electron chi connectivity index (χ2n) is 7.61. The van der Waals surface area contributed by atoms with Crippen LogP contribution in [-0.2, 0) is 6.42 Å². The van der Waals surface area contributed by atoms with Crippen LogP contribution in [0, 0.1) is 13.8 Å². The van der Waals surface area contributed by atoms with Gasteiger partial charge in [-0.2, -0.15) is 0 Å². The van der Waals surface area contributed by atoms with E-state index in [1.807, 2.05) is 18.2 Å². The zero-order chi connectivity index (χ0) is 22.2. The maximum absolute atomic E-state index is 11.2. The lowest BCUT2D eigenvalue weighted by atomic mass is 10.1. The first kappa shape index (κ1) is 20.3. The van der Waals surface area contributed by atoms with Gasteiger partial charge in [-0.15, -0.1) is 11.3 Å². The van der Waals surface area contributed by atoms with Crippen molar-refractivity contribution < 1.29 is 19.4 Å². The first-order valence-corrected chi connectivity index (χ1v) is 11.0. The Morgan fingerprint density at radius 1 is 1.09 bits per heavy atom. The third-order valence-electron chi connectivity index (χ3n) is 5.56. The summed E-state index contributed by atoms with van der Waals surface area (Å²) in [5, 5.41) is 13.7. The van der Waals surface area contributed by atoms with Crippen molar-refractivity contribution in [1.82, 2.24) is 9.97 Å². The molecule has 2 aromatic heterocycles. The third-order valence-corrected chi connectivity index (χ3v) is 6.66. The van der Waals surface area contributed by atoms with Crippen LogP contribution in [0.1, 0.15) is 26.4 Å². The van der Waals surface area contributed by atoms with Gasteiger partial charge in [-0.3, -0.25) is 0 Å². The van der Waals surface area contributed by atoms with Crippen LogP contribution in [-0.4, -0.2) is 34.4 Å². The molecule has 1 aliphatic heterocycles. The normalized spacial score (nSPS) is 12.3. The van der Waals surface area contributed by atoms with Crippen molar-refractivity contribution in [2.45, 2.75) is 20.3 Å². The number of aromatic nitrogens is 2. The van der Waals surface area contributed by atoms with Crippen LogP contribution in [0.25, 0.3) is 21.6 Å². The van der Waals surface area contributed by atoms with Gasteiger partial charge in [0.25, 0.3) is 0 Å². The molecule has 3 heterocycles. The van der Waals surface area contributed by atoms with Crippen LogP contribution in [0.2, 0.25) is 0 Å². The van der Waals surface area contributed by atoms with E-state index in [0.717, 1.165) is 45.1 Å². The SMILES string of the molecule is Cc1sc2nc(-c3ccc(C(=O)O)cc3)nc(NCCc3ccc4c(c3)OCO4)c2c1C. The number of thiophene rings is 1. The molecule has 8 heteroatoms. The van der Waals surface area contributed by atoms with Crippen LogP contribution in [0.15, 0.2) is 42.5 Å². The first-order chi connectivity index (χ1) is 15.5. The molecule has 0 unspecified atom stereocenters. The Balaban J connectivity index is 1.43. The molecule has 0 atom stereocenters. The number of rotatable bonds is 6. The third kappa shape index (κ3) is 3.73. The molecule has 0 aliphatic carbocycles. The van der Waals surface area contributed by atoms with Crippen LogP contribution in [0.3, 0.4) is 0 Å². The van der Waals surface area contributed by atoms with Gasteiger partial charge in [0.15, 0.2) is 17.3 Å². The summed E-state index contributed by atoms with van der Waals surface area (Å²) in [4.78, 5) is 22.8. The Morgan fingerprint density at radius 2 is 1.88 bits per heavy atom. The van der Waals surface area contributed by atoms with E-state index in [2.05, 4.69) is 19.2 Å². The summed E-state index contributed by atoms with van der Waals surface area (Å²) in [5.41, 5.74) is 3.33. The molecule has 0 bridgehead atoms. The average Bonchev–Trinajstić information content (AvgIpc) is 3.37. The molecule has 7 nitrogen and oxygen atoms in total. The van der Waals surface area contributed by atoms with Crippen molar-refractivity contribution in [1.29, 1.82) is 0 Å². The molecular formula is C24H21N3O4S. The van der Waals surface area contributed by atoms with Crippen molar-refractivity contribution >= 4 is 33.3 Å². The zero-order valence-corrected chi connectivity index (χ0v) is 18.5. The van der Waals surface area contributed by atoms with E-state index < -0.39 is 5.97 Å². The molecule has 32 heavy (non-hydrogen) atoms. The summed E-state index contributed by atoms with van der Waals surface area (Å²) in [7, 11) is 0. The van der Waals surface area contributed by atoms with Crippen molar-refractivity contribution in [2.75, 3.05) is 18.7 Å².